The molecule has 0 unspecified atom stereocenters. The van der Waals surface area contributed by atoms with Gasteiger partial charge in [0.2, 0.25) is 0 Å². The molecule has 0 aliphatic rings. The van der Waals surface area contributed by atoms with E-state index in [0.717, 1.165) is 23.2 Å². The van der Waals surface area contributed by atoms with E-state index in [1.54, 1.807) is 0 Å². The molecule has 0 atom stereocenters. The van der Waals surface area contributed by atoms with Crippen molar-refractivity contribution in [1.29, 1.82) is 0 Å². The van der Waals surface area contributed by atoms with Crippen LogP contribution in [0.2, 0.25) is 0 Å². The van der Waals surface area contributed by atoms with Crippen LogP contribution in [0.4, 0.5) is 0 Å². The van der Waals surface area contributed by atoms with Crippen LogP contribution in [0.5, 0.6) is 5.75 Å². The molecule has 90 valence electrons. The zero-order chi connectivity index (χ0) is 12.5. The topological polar surface area (TPSA) is 34.4 Å². The van der Waals surface area contributed by atoms with Gasteiger partial charge in [0.05, 0.1) is 5.52 Å². The second kappa shape index (κ2) is 4.39. The van der Waals surface area contributed by atoms with Gasteiger partial charge in [0, 0.05) is 22.8 Å². The Morgan fingerprint density at radius 1 is 1.11 bits per heavy atom. The molecule has 0 saturated heterocycles. The third kappa shape index (κ3) is 1.50. The summed E-state index contributed by atoms with van der Waals surface area (Å²) < 4.78 is 7.59. The smallest absolute Gasteiger partial charge is 0.504 e. The Balaban J connectivity index is 2.48. The Bertz CT molecular complexity index is 705. The van der Waals surface area contributed by atoms with Crippen molar-refractivity contribution in [2.75, 3.05) is 0 Å². The molecule has 0 amide bonds. The Kier molecular flexibility index (Phi) is 2.72. The first kappa shape index (κ1) is 11.2. The Morgan fingerprint density at radius 2 is 1.89 bits per heavy atom. The number of nitrogens with zero attached hydrogens (tertiary/aromatic N) is 1. The minimum atomic E-state index is -0.301. The fourth-order valence-electron chi connectivity index (χ4n) is 2.60. The lowest BCUT2D eigenvalue weighted by Crippen LogP contribution is -2.00. The molecule has 0 saturated carbocycles. The summed E-state index contributed by atoms with van der Waals surface area (Å²) in [7, 11) is -0.301. The van der Waals surface area contributed by atoms with Crippen LogP contribution in [0.25, 0.3) is 21.8 Å². The van der Waals surface area contributed by atoms with E-state index in [9.17, 15) is 0 Å². The Labute approximate surface area is 106 Å². The van der Waals surface area contributed by atoms with Gasteiger partial charge in [-0.25, -0.2) is 0 Å². The third-order valence-corrected chi connectivity index (χ3v) is 3.30. The average molecular weight is 239 g/mol. The first-order chi connectivity index (χ1) is 8.86. The van der Waals surface area contributed by atoms with Gasteiger partial charge in [-0.05, 0) is 25.1 Å². The largest absolute Gasteiger partial charge is 0.538 e. The lowest BCUT2D eigenvalue weighted by atomic mass is 10.1. The van der Waals surface area contributed by atoms with Gasteiger partial charge < -0.3 is 14.2 Å². The van der Waals surface area contributed by atoms with Crippen molar-refractivity contribution in [2.24, 2.45) is 0 Å². The second-order valence-corrected chi connectivity index (χ2v) is 4.19. The molecular formula is C14H14BNO2. The average Bonchev–Trinajstić information content (AvgIpc) is 2.74. The van der Waals surface area contributed by atoms with Gasteiger partial charge in [-0.15, -0.1) is 0 Å². The first-order valence-electron chi connectivity index (χ1n) is 6.10. The van der Waals surface area contributed by atoms with Crippen LogP contribution in [0.15, 0.2) is 42.5 Å². The highest BCUT2D eigenvalue weighted by Crippen LogP contribution is 2.35. The monoisotopic (exact) mass is 239 g/mol. The molecule has 2 aromatic carbocycles. The van der Waals surface area contributed by atoms with Gasteiger partial charge >= 0.3 is 7.69 Å². The molecular weight excluding hydrogens is 225 g/mol. The van der Waals surface area contributed by atoms with Gasteiger partial charge in [-0.1, -0.05) is 24.3 Å². The summed E-state index contributed by atoms with van der Waals surface area (Å²) >= 11 is 0. The number of rotatable bonds is 3. The summed E-state index contributed by atoms with van der Waals surface area (Å²) in [5.74, 6) is 0.735. The summed E-state index contributed by atoms with van der Waals surface area (Å²) in [5, 5.41) is 11.2. The molecule has 1 N–H and O–H groups in total. The quantitative estimate of drug-likeness (QED) is 0.712. The van der Waals surface area contributed by atoms with Gasteiger partial charge in [0.15, 0.2) is 0 Å². The highest BCUT2D eigenvalue weighted by Gasteiger charge is 2.12. The lowest BCUT2D eigenvalue weighted by molar-refractivity contribution is 0.457. The van der Waals surface area contributed by atoms with Crippen molar-refractivity contribution in [1.82, 2.24) is 4.57 Å². The van der Waals surface area contributed by atoms with Crippen molar-refractivity contribution < 1.29 is 9.68 Å². The van der Waals surface area contributed by atoms with Crippen LogP contribution < -0.4 is 4.65 Å². The first-order valence-corrected chi connectivity index (χ1v) is 6.10. The standard InChI is InChI=1S/C14H14BNO2/c1-2-16-11-7-4-3-6-10(11)14-12(16)8-5-9-13(14)18-15-17/h3-9,15,17H,2H2,1H3. The maximum absolute atomic E-state index is 8.99. The van der Waals surface area contributed by atoms with Crippen molar-refractivity contribution in [2.45, 2.75) is 13.5 Å². The van der Waals surface area contributed by atoms with Crippen LogP contribution in [0.1, 0.15) is 6.92 Å². The summed E-state index contributed by atoms with van der Waals surface area (Å²) in [6.07, 6.45) is 0. The number of aromatic nitrogens is 1. The number of hydrogen-bond donors (Lipinski definition) is 1. The van der Waals surface area contributed by atoms with E-state index in [2.05, 4.69) is 29.7 Å². The van der Waals surface area contributed by atoms with E-state index < -0.39 is 0 Å². The number of para-hydroxylation sites is 1. The second-order valence-electron chi connectivity index (χ2n) is 4.19. The van der Waals surface area contributed by atoms with Crippen molar-refractivity contribution in [3.63, 3.8) is 0 Å². The molecule has 0 bridgehead atoms. The molecule has 3 rings (SSSR count). The number of benzene rings is 2. The minimum absolute atomic E-state index is 0.301. The maximum Gasteiger partial charge on any atom is 0.504 e. The molecule has 3 aromatic rings. The van der Waals surface area contributed by atoms with Gasteiger partial charge in [-0.3, -0.25) is 0 Å². The van der Waals surface area contributed by atoms with Crippen LogP contribution in [-0.4, -0.2) is 17.3 Å². The fraction of sp³-hybridized carbons (Fsp3) is 0.143. The zero-order valence-electron chi connectivity index (χ0n) is 10.3. The van der Waals surface area contributed by atoms with Crippen molar-refractivity contribution in [3.8, 4) is 5.75 Å². The molecule has 18 heavy (non-hydrogen) atoms. The molecule has 0 aliphatic heterocycles. The minimum Gasteiger partial charge on any atom is -0.538 e. The predicted molar refractivity (Wildman–Crippen MR) is 75.1 cm³/mol. The van der Waals surface area contributed by atoms with E-state index in [1.165, 1.54) is 10.9 Å². The highest BCUT2D eigenvalue weighted by atomic mass is 16.5. The number of aryl methyl sites for hydroxylation is 1. The van der Waals surface area contributed by atoms with E-state index >= 15 is 0 Å². The van der Waals surface area contributed by atoms with Crippen molar-refractivity contribution >= 4 is 29.5 Å². The summed E-state index contributed by atoms with van der Waals surface area (Å²) in [4.78, 5) is 0. The van der Waals surface area contributed by atoms with E-state index in [4.69, 9.17) is 9.68 Å². The van der Waals surface area contributed by atoms with Crippen LogP contribution in [0, 0.1) is 0 Å². The molecule has 0 radical (unpaired) electrons. The van der Waals surface area contributed by atoms with Crippen molar-refractivity contribution in [3.05, 3.63) is 42.5 Å². The Morgan fingerprint density at radius 3 is 2.67 bits per heavy atom. The fourth-order valence-corrected chi connectivity index (χ4v) is 2.60. The Hall–Kier alpha value is -1.94. The normalized spacial score (nSPS) is 11.0. The summed E-state index contributed by atoms with van der Waals surface area (Å²) in [6.45, 7) is 3.04. The van der Waals surface area contributed by atoms with E-state index in [1.807, 2.05) is 24.3 Å². The van der Waals surface area contributed by atoms with Gasteiger partial charge in [-0.2, -0.15) is 0 Å². The molecule has 0 spiro atoms. The lowest BCUT2D eigenvalue weighted by Gasteiger charge is -2.05. The molecule has 0 aliphatic carbocycles. The SMILES string of the molecule is CCn1c2ccccc2c2c(OBO)cccc21. The molecule has 1 aromatic heterocycles. The highest BCUT2D eigenvalue weighted by molar-refractivity contribution is 6.19. The maximum atomic E-state index is 8.99. The summed E-state index contributed by atoms with van der Waals surface area (Å²) in [6, 6.07) is 14.2. The molecule has 4 heteroatoms. The van der Waals surface area contributed by atoms with Gasteiger partial charge in [0.1, 0.15) is 5.75 Å². The molecule has 1 heterocycles. The van der Waals surface area contributed by atoms with Crippen LogP contribution in [-0.2, 0) is 6.54 Å². The third-order valence-electron chi connectivity index (χ3n) is 3.30. The predicted octanol–water partition coefficient (Wildman–Crippen LogP) is 2.45. The molecule has 3 nitrogen and oxygen atoms in total. The zero-order valence-corrected chi connectivity index (χ0v) is 10.3. The van der Waals surface area contributed by atoms with E-state index in [0.29, 0.717) is 0 Å². The van der Waals surface area contributed by atoms with E-state index in [-0.39, 0.29) is 7.69 Å². The van der Waals surface area contributed by atoms with Crippen LogP contribution >= 0.6 is 0 Å². The van der Waals surface area contributed by atoms with Crippen LogP contribution in [0.3, 0.4) is 0 Å². The number of hydrogen-bond acceptors (Lipinski definition) is 2. The molecule has 0 fully saturated rings. The number of fused-ring (bicyclic) bond motifs is 3. The van der Waals surface area contributed by atoms with Gasteiger partial charge in [0.25, 0.3) is 0 Å². The summed E-state index contributed by atoms with van der Waals surface area (Å²) in [5.41, 5.74) is 2.34.